The SMILES string of the molecule is O=C(CC1CCC(c2ccccc2)CC1)Nc1ccc(CCO)cc1. The van der Waals surface area contributed by atoms with E-state index < -0.39 is 0 Å². The fourth-order valence-corrected chi connectivity index (χ4v) is 3.78. The molecule has 1 aliphatic rings. The Balaban J connectivity index is 1.44. The maximum absolute atomic E-state index is 12.3. The van der Waals surface area contributed by atoms with E-state index in [0.29, 0.717) is 24.7 Å². The lowest BCUT2D eigenvalue weighted by Gasteiger charge is -2.28. The van der Waals surface area contributed by atoms with Crippen molar-refractivity contribution in [3.63, 3.8) is 0 Å². The molecular formula is C22H27NO2. The Morgan fingerprint density at radius 2 is 1.64 bits per heavy atom. The molecule has 132 valence electrons. The monoisotopic (exact) mass is 337 g/mol. The van der Waals surface area contributed by atoms with Crippen LogP contribution in [0, 0.1) is 5.92 Å². The predicted molar refractivity (Wildman–Crippen MR) is 102 cm³/mol. The summed E-state index contributed by atoms with van der Waals surface area (Å²) in [5.41, 5.74) is 3.36. The van der Waals surface area contributed by atoms with Crippen LogP contribution < -0.4 is 5.32 Å². The van der Waals surface area contributed by atoms with E-state index in [0.717, 1.165) is 24.1 Å². The molecule has 1 saturated carbocycles. The van der Waals surface area contributed by atoms with E-state index in [1.807, 2.05) is 24.3 Å². The van der Waals surface area contributed by atoms with E-state index >= 15 is 0 Å². The second kappa shape index (κ2) is 8.82. The molecule has 3 nitrogen and oxygen atoms in total. The lowest BCUT2D eigenvalue weighted by Crippen LogP contribution is -2.20. The summed E-state index contributed by atoms with van der Waals surface area (Å²) >= 11 is 0. The number of carbonyl (C=O) groups is 1. The minimum atomic E-state index is 0.109. The second-order valence-corrected chi connectivity index (χ2v) is 7.05. The number of rotatable bonds is 6. The highest BCUT2D eigenvalue weighted by Gasteiger charge is 2.23. The third kappa shape index (κ3) is 5.17. The summed E-state index contributed by atoms with van der Waals surface area (Å²) in [6.07, 6.45) is 5.87. The van der Waals surface area contributed by atoms with Crippen molar-refractivity contribution < 1.29 is 9.90 Å². The van der Waals surface area contributed by atoms with E-state index in [1.54, 1.807) is 0 Å². The molecule has 0 aliphatic heterocycles. The first-order chi connectivity index (χ1) is 12.2. The predicted octanol–water partition coefficient (Wildman–Crippen LogP) is 4.52. The molecule has 1 fully saturated rings. The molecule has 2 N–H and O–H groups in total. The summed E-state index contributed by atoms with van der Waals surface area (Å²) in [6, 6.07) is 18.5. The lowest BCUT2D eigenvalue weighted by molar-refractivity contribution is -0.117. The minimum absolute atomic E-state index is 0.109. The molecule has 3 rings (SSSR count). The minimum Gasteiger partial charge on any atom is -0.396 e. The van der Waals surface area contributed by atoms with Crippen molar-refractivity contribution in [1.29, 1.82) is 0 Å². The lowest BCUT2D eigenvalue weighted by atomic mass is 9.77. The number of benzene rings is 2. The molecule has 25 heavy (non-hydrogen) atoms. The molecule has 0 saturated heterocycles. The van der Waals surface area contributed by atoms with Gasteiger partial charge in [0, 0.05) is 18.7 Å². The fourth-order valence-electron chi connectivity index (χ4n) is 3.78. The summed E-state index contributed by atoms with van der Waals surface area (Å²) in [7, 11) is 0. The van der Waals surface area contributed by atoms with Crippen LogP contribution in [0.1, 0.15) is 49.1 Å². The molecule has 1 aliphatic carbocycles. The highest BCUT2D eigenvalue weighted by atomic mass is 16.2. The number of amides is 1. The Morgan fingerprint density at radius 1 is 0.960 bits per heavy atom. The number of anilines is 1. The van der Waals surface area contributed by atoms with E-state index in [1.165, 1.54) is 18.4 Å². The molecule has 1 amide bonds. The number of nitrogens with one attached hydrogen (secondary N) is 1. The van der Waals surface area contributed by atoms with Crippen molar-refractivity contribution in [1.82, 2.24) is 0 Å². The molecule has 0 aromatic heterocycles. The largest absolute Gasteiger partial charge is 0.396 e. The van der Waals surface area contributed by atoms with Gasteiger partial charge in [-0.25, -0.2) is 0 Å². The average molecular weight is 337 g/mol. The van der Waals surface area contributed by atoms with Gasteiger partial charge in [-0.2, -0.15) is 0 Å². The standard InChI is InChI=1S/C22H27NO2/c24-15-14-17-8-12-21(13-9-17)23-22(25)16-18-6-10-20(11-7-18)19-4-2-1-3-5-19/h1-5,8-9,12-13,18,20,24H,6-7,10-11,14-16H2,(H,23,25). The molecule has 0 atom stereocenters. The van der Waals surface area contributed by atoms with Crippen LogP contribution >= 0.6 is 0 Å². The van der Waals surface area contributed by atoms with E-state index in [-0.39, 0.29) is 12.5 Å². The quantitative estimate of drug-likeness (QED) is 0.814. The van der Waals surface area contributed by atoms with Gasteiger partial charge in [0.2, 0.25) is 5.91 Å². The Bertz CT molecular complexity index is 658. The maximum Gasteiger partial charge on any atom is 0.224 e. The first-order valence-electron chi connectivity index (χ1n) is 9.29. The molecule has 3 heteroatoms. The number of carbonyl (C=O) groups excluding carboxylic acids is 1. The normalized spacial score (nSPS) is 20.2. The van der Waals surface area contributed by atoms with Gasteiger partial charge < -0.3 is 10.4 Å². The zero-order chi connectivity index (χ0) is 17.5. The summed E-state index contributed by atoms with van der Waals surface area (Å²) < 4.78 is 0. The summed E-state index contributed by atoms with van der Waals surface area (Å²) in [6.45, 7) is 0.150. The second-order valence-electron chi connectivity index (χ2n) is 7.05. The number of aliphatic hydroxyl groups excluding tert-OH is 1. The Kier molecular flexibility index (Phi) is 6.24. The molecule has 0 heterocycles. The van der Waals surface area contributed by atoms with Crippen LogP contribution in [-0.2, 0) is 11.2 Å². The van der Waals surface area contributed by atoms with Crippen molar-refractivity contribution >= 4 is 11.6 Å². The van der Waals surface area contributed by atoms with Crippen molar-refractivity contribution in [2.24, 2.45) is 5.92 Å². The molecule has 2 aromatic carbocycles. The van der Waals surface area contributed by atoms with Crippen molar-refractivity contribution in [2.45, 2.75) is 44.4 Å². The highest BCUT2D eigenvalue weighted by molar-refractivity contribution is 5.90. The average Bonchev–Trinajstić information content (AvgIpc) is 2.65. The van der Waals surface area contributed by atoms with Gasteiger partial charge in [0.15, 0.2) is 0 Å². The van der Waals surface area contributed by atoms with Gasteiger partial charge in [0.25, 0.3) is 0 Å². The van der Waals surface area contributed by atoms with E-state index in [2.05, 4.69) is 35.6 Å². The van der Waals surface area contributed by atoms with E-state index in [9.17, 15) is 4.79 Å². The third-order valence-electron chi connectivity index (χ3n) is 5.23. The van der Waals surface area contributed by atoms with Crippen molar-refractivity contribution in [3.8, 4) is 0 Å². The van der Waals surface area contributed by atoms with Gasteiger partial charge in [-0.05, 0) is 67.2 Å². The molecule has 0 bridgehead atoms. The maximum atomic E-state index is 12.3. The first-order valence-corrected chi connectivity index (χ1v) is 9.29. The van der Waals surface area contributed by atoms with Crippen LogP contribution in [0.5, 0.6) is 0 Å². The van der Waals surface area contributed by atoms with Crippen molar-refractivity contribution in [2.75, 3.05) is 11.9 Å². The van der Waals surface area contributed by atoms with Crippen LogP contribution in [0.15, 0.2) is 54.6 Å². The van der Waals surface area contributed by atoms with Crippen LogP contribution in [0.4, 0.5) is 5.69 Å². The van der Waals surface area contributed by atoms with Gasteiger partial charge in [-0.1, -0.05) is 42.5 Å². The fraction of sp³-hybridized carbons (Fsp3) is 0.409. The molecule has 0 unspecified atom stereocenters. The number of hydrogen-bond donors (Lipinski definition) is 2. The van der Waals surface area contributed by atoms with Gasteiger partial charge in [-0.15, -0.1) is 0 Å². The number of aliphatic hydroxyl groups is 1. The highest BCUT2D eigenvalue weighted by Crippen LogP contribution is 2.37. The van der Waals surface area contributed by atoms with Gasteiger partial charge in [0.1, 0.15) is 0 Å². The van der Waals surface area contributed by atoms with E-state index in [4.69, 9.17) is 5.11 Å². The van der Waals surface area contributed by atoms with Crippen LogP contribution in [-0.4, -0.2) is 17.6 Å². The Labute approximate surface area is 150 Å². The molecule has 0 spiro atoms. The van der Waals surface area contributed by atoms with Crippen LogP contribution in [0.3, 0.4) is 0 Å². The van der Waals surface area contributed by atoms with Gasteiger partial charge in [-0.3, -0.25) is 4.79 Å². The topological polar surface area (TPSA) is 49.3 Å². The summed E-state index contributed by atoms with van der Waals surface area (Å²) in [5, 5.41) is 11.9. The van der Waals surface area contributed by atoms with Crippen LogP contribution in [0.2, 0.25) is 0 Å². The Hall–Kier alpha value is -2.13. The van der Waals surface area contributed by atoms with Crippen LogP contribution in [0.25, 0.3) is 0 Å². The van der Waals surface area contributed by atoms with Gasteiger partial charge >= 0.3 is 0 Å². The summed E-state index contributed by atoms with van der Waals surface area (Å²) in [4.78, 5) is 12.3. The zero-order valence-electron chi connectivity index (χ0n) is 14.7. The molecule has 0 radical (unpaired) electrons. The molecule has 2 aromatic rings. The Morgan fingerprint density at radius 3 is 2.28 bits per heavy atom. The number of hydrogen-bond acceptors (Lipinski definition) is 2. The zero-order valence-corrected chi connectivity index (χ0v) is 14.7. The third-order valence-corrected chi connectivity index (χ3v) is 5.23. The smallest absolute Gasteiger partial charge is 0.224 e. The van der Waals surface area contributed by atoms with Crippen molar-refractivity contribution in [3.05, 3.63) is 65.7 Å². The summed E-state index contributed by atoms with van der Waals surface area (Å²) in [5.74, 6) is 1.26. The first kappa shape index (κ1) is 17.7. The molecular weight excluding hydrogens is 310 g/mol. The van der Waals surface area contributed by atoms with Gasteiger partial charge in [0.05, 0.1) is 0 Å².